The third-order valence-corrected chi connectivity index (χ3v) is 6.46. The van der Waals surface area contributed by atoms with Gasteiger partial charge in [-0.25, -0.2) is 0 Å². The maximum Gasteiger partial charge on any atom is 0.259 e. The van der Waals surface area contributed by atoms with Crippen LogP contribution in [0.15, 0.2) is 57.8 Å². The fraction of sp³-hybridized carbons (Fsp3) is 0.360. The molecule has 0 aliphatic carbocycles. The molecule has 1 saturated heterocycles. The zero-order valence-electron chi connectivity index (χ0n) is 19.7. The Kier molecular flexibility index (Phi) is 6.26. The molecule has 1 aliphatic heterocycles. The largest absolute Gasteiger partial charge is 0.496 e. The van der Waals surface area contributed by atoms with Crippen molar-refractivity contribution < 1.29 is 18.6 Å². The molecule has 3 aromatic heterocycles. The second-order valence-electron chi connectivity index (χ2n) is 8.82. The molecule has 0 bridgehead atoms. The number of aromatic nitrogens is 5. The third kappa shape index (κ3) is 4.77. The van der Waals surface area contributed by atoms with E-state index >= 15 is 0 Å². The Labute approximate surface area is 202 Å². The number of likely N-dealkylation sites (tertiary alicyclic amines) is 1. The van der Waals surface area contributed by atoms with Crippen LogP contribution in [0.5, 0.6) is 5.75 Å². The predicted molar refractivity (Wildman–Crippen MR) is 125 cm³/mol. The summed E-state index contributed by atoms with van der Waals surface area (Å²) < 4.78 is 16.2. The van der Waals surface area contributed by atoms with E-state index in [4.69, 9.17) is 13.8 Å². The first-order chi connectivity index (χ1) is 17.1. The first-order valence-electron chi connectivity index (χ1n) is 11.5. The van der Waals surface area contributed by atoms with Gasteiger partial charge >= 0.3 is 0 Å². The fourth-order valence-electron chi connectivity index (χ4n) is 4.22. The molecule has 10 heteroatoms. The normalized spacial score (nSPS) is 15.2. The van der Waals surface area contributed by atoms with Crippen LogP contribution in [-0.4, -0.2) is 56.3 Å². The van der Waals surface area contributed by atoms with E-state index < -0.39 is 0 Å². The Hall–Kier alpha value is -4.08. The first kappa shape index (κ1) is 22.7. The molecule has 5 rings (SSSR count). The van der Waals surface area contributed by atoms with Gasteiger partial charge in [0, 0.05) is 43.7 Å². The first-order valence-corrected chi connectivity index (χ1v) is 11.5. The number of benzene rings is 1. The summed E-state index contributed by atoms with van der Waals surface area (Å²) in [5, 5.41) is 8.26. The highest BCUT2D eigenvalue weighted by Crippen LogP contribution is 2.34. The Bertz CT molecular complexity index is 1290. The van der Waals surface area contributed by atoms with Gasteiger partial charge in [0.15, 0.2) is 5.82 Å². The Balaban J connectivity index is 1.16. The number of methoxy groups -OCH3 is 1. The Morgan fingerprint density at radius 1 is 1.09 bits per heavy atom. The van der Waals surface area contributed by atoms with E-state index in [0.29, 0.717) is 55.1 Å². The number of carbonyl (C=O) groups is 1. The Morgan fingerprint density at radius 2 is 1.91 bits per heavy atom. The van der Waals surface area contributed by atoms with Crippen molar-refractivity contribution >= 4 is 5.91 Å². The molecule has 0 atom stereocenters. The highest BCUT2D eigenvalue weighted by Gasteiger charge is 2.37. The van der Waals surface area contributed by atoms with Gasteiger partial charge in [-0.3, -0.25) is 9.78 Å². The van der Waals surface area contributed by atoms with Gasteiger partial charge in [0.25, 0.3) is 5.89 Å². The second kappa shape index (κ2) is 9.65. The molecule has 0 N–H and O–H groups in total. The monoisotopic (exact) mass is 474 g/mol. The number of carbonyl (C=O) groups excluding carboxylic acids is 1. The van der Waals surface area contributed by atoms with E-state index in [1.54, 1.807) is 19.5 Å². The zero-order chi connectivity index (χ0) is 24.3. The van der Waals surface area contributed by atoms with E-state index in [0.717, 1.165) is 24.0 Å². The van der Waals surface area contributed by atoms with Crippen LogP contribution in [0.2, 0.25) is 0 Å². The van der Waals surface area contributed by atoms with Gasteiger partial charge in [0.05, 0.1) is 18.2 Å². The molecular weight excluding hydrogens is 448 g/mol. The number of piperidine rings is 1. The van der Waals surface area contributed by atoms with E-state index in [2.05, 4.69) is 32.2 Å². The maximum absolute atomic E-state index is 12.8. The molecule has 4 aromatic rings. The number of rotatable bonds is 7. The van der Waals surface area contributed by atoms with Crippen molar-refractivity contribution in [2.45, 2.75) is 38.0 Å². The Morgan fingerprint density at radius 3 is 2.69 bits per heavy atom. The molecule has 1 fully saturated rings. The minimum Gasteiger partial charge on any atom is -0.496 e. The van der Waals surface area contributed by atoms with Crippen LogP contribution in [0.25, 0.3) is 22.8 Å². The van der Waals surface area contributed by atoms with E-state index in [9.17, 15) is 4.79 Å². The molecule has 0 spiro atoms. The molecule has 180 valence electrons. The quantitative estimate of drug-likeness (QED) is 0.395. The number of pyridine rings is 1. The molecule has 1 amide bonds. The highest BCUT2D eigenvalue weighted by atomic mass is 16.5. The van der Waals surface area contributed by atoms with Gasteiger partial charge in [-0.15, -0.1) is 0 Å². The molecule has 0 radical (unpaired) electrons. The van der Waals surface area contributed by atoms with Crippen LogP contribution in [0.4, 0.5) is 0 Å². The molecule has 10 nitrogen and oxygen atoms in total. The van der Waals surface area contributed by atoms with E-state index in [1.165, 1.54) is 0 Å². The van der Waals surface area contributed by atoms with Gasteiger partial charge < -0.3 is 18.7 Å². The third-order valence-electron chi connectivity index (χ3n) is 6.46. The summed E-state index contributed by atoms with van der Waals surface area (Å²) in [6.45, 7) is 3.37. The fourth-order valence-corrected chi connectivity index (χ4v) is 4.22. The number of hydrogen-bond acceptors (Lipinski definition) is 9. The molecule has 0 saturated carbocycles. The van der Waals surface area contributed by atoms with E-state index in [-0.39, 0.29) is 11.3 Å². The van der Waals surface area contributed by atoms with Gasteiger partial charge in [-0.05, 0) is 37.1 Å². The van der Waals surface area contributed by atoms with Crippen molar-refractivity contribution in [1.29, 1.82) is 0 Å². The molecule has 0 unspecified atom stereocenters. The molecule has 1 aliphatic rings. The minimum atomic E-state index is -0.253. The van der Waals surface area contributed by atoms with Crippen molar-refractivity contribution in [2.75, 3.05) is 20.2 Å². The average molecular weight is 475 g/mol. The van der Waals surface area contributed by atoms with Crippen molar-refractivity contribution in [3.8, 4) is 28.6 Å². The summed E-state index contributed by atoms with van der Waals surface area (Å²) in [7, 11) is 1.60. The summed E-state index contributed by atoms with van der Waals surface area (Å²) in [6.07, 6.45) is 5.59. The van der Waals surface area contributed by atoms with Crippen molar-refractivity contribution in [2.24, 2.45) is 0 Å². The standard InChI is InChI=1S/C25H26N6O4/c1-25(24-28-23(35-30-24)17-6-5-13-26-16-17)11-14-31(15-12-25)21(32)10-9-20-27-22(29-34-20)18-7-3-4-8-19(18)33-2/h3-8,13,16H,9-12,14-15H2,1-2H3. The van der Waals surface area contributed by atoms with Crippen LogP contribution in [0, 0.1) is 0 Å². The number of hydrogen-bond donors (Lipinski definition) is 0. The van der Waals surface area contributed by atoms with Gasteiger partial charge in [-0.1, -0.05) is 29.4 Å². The lowest BCUT2D eigenvalue weighted by atomic mass is 9.79. The number of para-hydroxylation sites is 1. The lowest BCUT2D eigenvalue weighted by Gasteiger charge is -2.37. The van der Waals surface area contributed by atoms with Gasteiger partial charge in [0.2, 0.25) is 17.6 Å². The summed E-state index contributed by atoms with van der Waals surface area (Å²) >= 11 is 0. The van der Waals surface area contributed by atoms with Gasteiger partial charge in [0.1, 0.15) is 5.75 Å². The SMILES string of the molecule is COc1ccccc1-c1noc(CCC(=O)N2CCC(C)(c3noc(-c4cccnc4)n3)CC2)n1. The van der Waals surface area contributed by atoms with Gasteiger partial charge in [-0.2, -0.15) is 9.97 Å². The maximum atomic E-state index is 12.8. The minimum absolute atomic E-state index is 0.0632. The summed E-state index contributed by atoms with van der Waals surface area (Å²) in [6, 6.07) is 11.2. The number of amides is 1. The summed E-state index contributed by atoms with van der Waals surface area (Å²) in [4.78, 5) is 27.9. The van der Waals surface area contributed by atoms with Crippen LogP contribution in [0.1, 0.15) is 37.9 Å². The highest BCUT2D eigenvalue weighted by molar-refractivity contribution is 5.76. The number of nitrogens with zero attached hydrogens (tertiary/aromatic N) is 6. The average Bonchev–Trinajstić information content (AvgIpc) is 3.59. The second-order valence-corrected chi connectivity index (χ2v) is 8.82. The van der Waals surface area contributed by atoms with Crippen molar-refractivity contribution in [1.82, 2.24) is 30.2 Å². The van der Waals surface area contributed by atoms with Crippen LogP contribution < -0.4 is 4.74 Å². The number of ether oxygens (including phenoxy) is 1. The summed E-state index contributed by atoms with van der Waals surface area (Å²) in [5.41, 5.74) is 1.29. The topological polar surface area (TPSA) is 120 Å². The van der Waals surface area contributed by atoms with Crippen molar-refractivity contribution in [3.63, 3.8) is 0 Å². The molecule has 1 aromatic carbocycles. The lowest BCUT2D eigenvalue weighted by molar-refractivity contribution is -0.132. The molecular formula is C25H26N6O4. The molecule has 35 heavy (non-hydrogen) atoms. The smallest absolute Gasteiger partial charge is 0.259 e. The van der Waals surface area contributed by atoms with Crippen LogP contribution in [-0.2, 0) is 16.6 Å². The number of aryl methyl sites for hydroxylation is 1. The van der Waals surface area contributed by atoms with Crippen LogP contribution in [0.3, 0.4) is 0 Å². The predicted octanol–water partition coefficient (Wildman–Crippen LogP) is 3.70. The summed E-state index contributed by atoms with van der Waals surface area (Å²) in [5.74, 6) is 2.73. The lowest BCUT2D eigenvalue weighted by Crippen LogP contribution is -2.44. The van der Waals surface area contributed by atoms with Crippen LogP contribution >= 0.6 is 0 Å². The molecule has 4 heterocycles. The van der Waals surface area contributed by atoms with E-state index in [1.807, 2.05) is 41.3 Å². The van der Waals surface area contributed by atoms with Crippen molar-refractivity contribution in [3.05, 3.63) is 60.5 Å². The zero-order valence-corrected chi connectivity index (χ0v) is 19.7.